The normalized spacial score (nSPS) is 14.7. The summed E-state index contributed by atoms with van der Waals surface area (Å²) in [5, 5.41) is 8.46. The van der Waals surface area contributed by atoms with Gasteiger partial charge in [-0.1, -0.05) is 30.3 Å². The van der Waals surface area contributed by atoms with E-state index in [1.54, 1.807) is 6.20 Å². The van der Waals surface area contributed by atoms with E-state index in [-0.39, 0.29) is 0 Å². The summed E-state index contributed by atoms with van der Waals surface area (Å²) in [4.78, 5) is 13.3. The molecule has 6 heteroatoms. The molecule has 3 heterocycles. The molecule has 3 aromatic rings. The van der Waals surface area contributed by atoms with Crippen molar-refractivity contribution < 1.29 is 0 Å². The van der Waals surface area contributed by atoms with Crippen LogP contribution in [0.15, 0.2) is 61.1 Å². The number of likely N-dealkylation sites (N-methyl/N-ethyl adjacent to an activating group) is 1. The molecule has 150 valence electrons. The fourth-order valence-corrected chi connectivity index (χ4v) is 3.86. The standard InChI is InChI=1S/C23H28N6/c1-28(14-9-19-7-12-24-13-8-19)23-26-22(18-25-27-23)29-15-10-21(11-16-29)17-20-5-3-2-4-6-20/h2-8,12-13,18,21H,9-11,14-17H2,1H3. The van der Waals surface area contributed by atoms with E-state index >= 15 is 0 Å². The summed E-state index contributed by atoms with van der Waals surface area (Å²) in [7, 11) is 2.02. The Hall–Kier alpha value is -3.02. The average molecular weight is 389 g/mol. The van der Waals surface area contributed by atoms with Crippen molar-refractivity contribution in [2.24, 2.45) is 5.92 Å². The Morgan fingerprint density at radius 2 is 1.76 bits per heavy atom. The van der Waals surface area contributed by atoms with Crippen LogP contribution in [-0.2, 0) is 12.8 Å². The number of nitrogens with zero attached hydrogens (tertiary/aromatic N) is 6. The van der Waals surface area contributed by atoms with Crippen LogP contribution in [0.3, 0.4) is 0 Å². The summed E-state index contributed by atoms with van der Waals surface area (Å²) in [5.74, 6) is 2.36. The van der Waals surface area contributed by atoms with Gasteiger partial charge < -0.3 is 9.80 Å². The number of pyridine rings is 1. The molecular formula is C23H28N6. The maximum Gasteiger partial charge on any atom is 0.247 e. The Labute approximate surface area is 172 Å². The number of benzene rings is 1. The second kappa shape index (κ2) is 9.45. The van der Waals surface area contributed by atoms with Gasteiger partial charge in [-0.05, 0) is 54.9 Å². The minimum Gasteiger partial charge on any atom is -0.355 e. The van der Waals surface area contributed by atoms with Gasteiger partial charge in [0.15, 0.2) is 5.82 Å². The van der Waals surface area contributed by atoms with Gasteiger partial charge in [0, 0.05) is 39.1 Å². The third-order valence-corrected chi connectivity index (χ3v) is 5.67. The highest BCUT2D eigenvalue weighted by molar-refractivity contribution is 5.41. The predicted octanol–water partition coefficient (Wildman–Crippen LogP) is 3.40. The summed E-state index contributed by atoms with van der Waals surface area (Å²) >= 11 is 0. The van der Waals surface area contributed by atoms with Gasteiger partial charge in [0.05, 0.1) is 6.20 Å². The average Bonchev–Trinajstić information content (AvgIpc) is 2.79. The SMILES string of the molecule is CN(CCc1ccncc1)c1nncc(N2CCC(Cc3ccccc3)CC2)n1. The number of piperidine rings is 1. The molecule has 0 saturated carbocycles. The Morgan fingerprint density at radius 1 is 1.00 bits per heavy atom. The van der Waals surface area contributed by atoms with E-state index in [1.165, 1.54) is 30.4 Å². The van der Waals surface area contributed by atoms with Crippen LogP contribution < -0.4 is 9.80 Å². The Kier molecular flexibility index (Phi) is 6.29. The number of hydrogen-bond acceptors (Lipinski definition) is 6. The first kappa shape index (κ1) is 19.3. The number of anilines is 2. The molecule has 0 N–H and O–H groups in total. The minimum absolute atomic E-state index is 0.683. The maximum atomic E-state index is 4.78. The zero-order chi connectivity index (χ0) is 19.9. The van der Waals surface area contributed by atoms with Crippen LogP contribution >= 0.6 is 0 Å². The van der Waals surface area contributed by atoms with Gasteiger partial charge in [-0.2, -0.15) is 10.1 Å². The molecule has 1 aliphatic rings. The van der Waals surface area contributed by atoms with Gasteiger partial charge in [-0.3, -0.25) is 4.98 Å². The first-order valence-electron chi connectivity index (χ1n) is 10.4. The van der Waals surface area contributed by atoms with E-state index in [0.717, 1.165) is 37.8 Å². The highest BCUT2D eigenvalue weighted by Crippen LogP contribution is 2.25. The lowest BCUT2D eigenvalue weighted by Gasteiger charge is -2.33. The molecule has 4 rings (SSSR count). The molecule has 1 saturated heterocycles. The highest BCUT2D eigenvalue weighted by Gasteiger charge is 2.21. The third kappa shape index (κ3) is 5.28. The van der Waals surface area contributed by atoms with Gasteiger partial charge in [0.25, 0.3) is 0 Å². The van der Waals surface area contributed by atoms with Crippen molar-refractivity contribution in [2.75, 3.05) is 36.5 Å². The molecule has 1 aliphatic heterocycles. The molecule has 0 bridgehead atoms. The highest BCUT2D eigenvalue weighted by atomic mass is 15.3. The fourth-order valence-electron chi connectivity index (χ4n) is 3.86. The van der Waals surface area contributed by atoms with E-state index in [1.807, 2.05) is 31.6 Å². The van der Waals surface area contributed by atoms with Gasteiger partial charge in [-0.15, -0.1) is 5.10 Å². The van der Waals surface area contributed by atoms with Crippen LogP contribution in [0.2, 0.25) is 0 Å². The largest absolute Gasteiger partial charge is 0.355 e. The van der Waals surface area contributed by atoms with Gasteiger partial charge >= 0.3 is 0 Å². The zero-order valence-corrected chi connectivity index (χ0v) is 17.0. The molecule has 0 amide bonds. The van der Waals surface area contributed by atoms with Gasteiger partial charge in [0.2, 0.25) is 5.95 Å². The van der Waals surface area contributed by atoms with Crippen molar-refractivity contribution >= 4 is 11.8 Å². The predicted molar refractivity (Wildman–Crippen MR) is 116 cm³/mol. The lowest BCUT2D eigenvalue weighted by Crippen LogP contribution is -2.35. The fraction of sp³-hybridized carbons (Fsp3) is 0.391. The van der Waals surface area contributed by atoms with Crippen LogP contribution in [0, 0.1) is 5.92 Å². The quantitative estimate of drug-likeness (QED) is 0.618. The third-order valence-electron chi connectivity index (χ3n) is 5.67. The van der Waals surface area contributed by atoms with Crippen LogP contribution in [0.4, 0.5) is 11.8 Å². The first-order chi connectivity index (χ1) is 14.3. The van der Waals surface area contributed by atoms with E-state index in [4.69, 9.17) is 4.98 Å². The molecule has 0 spiro atoms. The first-order valence-corrected chi connectivity index (χ1v) is 10.4. The molecule has 0 atom stereocenters. The van der Waals surface area contributed by atoms with E-state index < -0.39 is 0 Å². The smallest absolute Gasteiger partial charge is 0.247 e. The molecule has 6 nitrogen and oxygen atoms in total. The van der Waals surface area contributed by atoms with Gasteiger partial charge in [0.1, 0.15) is 0 Å². The Morgan fingerprint density at radius 3 is 2.52 bits per heavy atom. The van der Waals surface area contributed by atoms with Crippen LogP contribution in [0.25, 0.3) is 0 Å². The molecule has 0 aliphatic carbocycles. The Balaban J connectivity index is 1.31. The van der Waals surface area contributed by atoms with Crippen molar-refractivity contribution in [1.29, 1.82) is 0 Å². The zero-order valence-electron chi connectivity index (χ0n) is 17.0. The summed E-state index contributed by atoms with van der Waals surface area (Å²) in [6.45, 7) is 2.89. The molecule has 2 aromatic heterocycles. The number of aromatic nitrogens is 4. The molecule has 1 aromatic carbocycles. The number of hydrogen-bond donors (Lipinski definition) is 0. The van der Waals surface area contributed by atoms with Crippen molar-refractivity contribution in [2.45, 2.75) is 25.7 Å². The lowest BCUT2D eigenvalue weighted by atomic mass is 9.90. The minimum atomic E-state index is 0.683. The van der Waals surface area contributed by atoms with E-state index in [0.29, 0.717) is 5.95 Å². The topological polar surface area (TPSA) is 58.0 Å². The summed E-state index contributed by atoms with van der Waals surface area (Å²) < 4.78 is 0. The van der Waals surface area contributed by atoms with Gasteiger partial charge in [-0.25, -0.2) is 0 Å². The summed E-state index contributed by atoms with van der Waals surface area (Å²) in [6.07, 6.45) is 9.91. The van der Waals surface area contributed by atoms with Crippen molar-refractivity contribution in [3.05, 3.63) is 72.2 Å². The molecule has 1 fully saturated rings. The molecular weight excluding hydrogens is 360 g/mol. The lowest BCUT2D eigenvalue weighted by molar-refractivity contribution is 0.402. The van der Waals surface area contributed by atoms with Crippen LogP contribution in [0.5, 0.6) is 0 Å². The second-order valence-electron chi connectivity index (χ2n) is 7.76. The van der Waals surface area contributed by atoms with Crippen molar-refractivity contribution in [3.63, 3.8) is 0 Å². The van der Waals surface area contributed by atoms with E-state index in [2.05, 4.69) is 55.3 Å². The second-order valence-corrected chi connectivity index (χ2v) is 7.76. The van der Waals surface area contributed by atoms with Crippen LogP contribution in [0.1, 0.15) is 24.0 Å². The maximum absolute atomic E-state index is 4.78. The Bertz CT molecular complexity index is 878. The molecule has 29 heavy (non-hydrogen) atoms. The molecule has 0 unspecified atom stereocenters. The number of rotatable bonds is 7. The van der Waals surface area contributed by atoms with E-state index in [9.17, 15) is 0 Å². The van der Waals surface area contributed by atoms with Crippen molar-refractivity contribution in [1.82, 2.24) is 20.2 Å². The monoisotopic (exact) mass is 388 g/mol. The summed E-state index contributed by atoms with van der Waals surface area (Å²) in [6, 6.07) is 14.9. The molecule has 0 radical (unpaired) electrons. The summed E-state index contributed by atoms with van der Waals surface area (Å²) in [5.41, 5.74) is 2.70. The van der Waals surface area contributed by atoms with Crippen molar-refractivity contribution in [3.8, 4) is 0 Å². The van der Waals surface area contributed by atoms with Crippen LogP contribution in [-0.4, -0.2) is 46.8 Å².